The fraction of sp³-hybridized carbons (Fsp3) is 0.893. The zero-order valence-electron chi connectivity index (χ0n) is 20.7. The molecule has 0 bridgehead atoms. The van der Waals surface area contributed by atoms with Gasteiger partial charge in [0.2, 0.25) is 5.91 Å². The monoisotopic (exact) mass is 443 g/mol. The Kier molecular flexibility index (Phi) is 6.24. The Morgan fingerprint density at radius 2 is 2.03 bits per heavy atom. The van der Waals surface area contributed by atoms with Crippen molar-refractivity contribution in [2.45, 2.75) is 104 Å². The van der Waals surface area contributed by atoms with Gasteiger partial charge >= 0.3 is 0 Å². The van der Waals surface area contributed by atoms with Crippen LogP contribution >= 0.6 is 0 Å². The average Bonchev–Trinajstić information content (AvgIpc) is 3.15. The van der Waals surface area contributed by atoms with Crippen LogP contribution in [0.25, 0.3) is 0 Å². The maximum atomic E-state index is 12.6. The first-order chi connectivity index (χ1) is 15.3. The van der Waals surface area contributed by atoms with Gasteiger partial charge in [-0.3, -0.25) is 9.63 Å². The molecule has 180 valence electrons. The van der Waals surface area contributed by atoms with Crippen LogP contribution in [0.3, 0.4) is 0 Å². The standard InChI is InChI=1S/C28H45NO3/c1-19(6-11-26(31)29-16-4-5-17-32-29)23-9-10-24-22-8-7-20-18-21(30)12-14-27(20,2)25(22)13-15-28(23,24)3/h7,19,21-25,30H,4-6,8-18H2,1-3H3/t19?,21-,22-,23+,24-,25-,27-,28+/m0/s1. The molecule has 0 aromatic rings. The summed E-state index contributed by atoms with van der Waals surface area (Å²) in [4.78, 5) is 18.2. The summed E-state index contributed by atoms with van der Waals surface area (Å²) < 4.78 is 0. The number of hydrogen-bond donors (Lipinski definition) is 1. The Bertz CT molecular complexity index is 743. The Morgan fingerprint density at radius 3 is 2.81 bits per heavy atom. The third kappa shape index (κ3) is 3.78. The van der Waals surface area contributed by atoms with Gasteiger partial charge in [0.05, 0.1) is 12.7 Å². The third-order valence-corrected chi connectivity index (χ3v) is 10.9. The summed E-state index contributed by atoms with van der Waals surface area (Å²) in [5.74, 6) is 3.99. The molecule has 0 aromatic heterocycles. The van der Waals surface area contributed by atoms with Crippen molar-refractivity contribution in [1.29, 1.82) is 0 Å². The predicted molar refractivity (Wildman–Crippen MR) is 126 cm³/mol. The van der Waals surface area contributed by atoms with Gasteiger partial charge in [0, 0.05) is 13.0 Å². The van der Waals surface area contributed by atoms with Crippen molar-refractivity contribution in [2.75, 3.05) is 13.2 Å². The molecule has 4 aliphatic carbocycles. The molecular weight excluding hydrogens is 398 g/mol. The van der Waals surface area contributed by atoms with Gasteiger partial charge in [0.25, 0.3) is 0 Å². The minimum atomic E-state index is -0.116. The number of hydrogen-bond acceptors (Lipinski definition) is 3. The normalized spacial score (nSPS) is 44.8. The van der Waals surface area contributed by atoms with Crippen molar-refractivity contribution in [1.82, 2.24) is 5.06 Å². The lowest BCUT2D eigenvalue weighted by Crippen LogP contribution is -2.50. The molecule has 1 unspecified atom stereocenters. The van der Waals surface area contributed by atoms with Crippen molar-refractivity contribution < 1.29 is 14.7 Å². The molecule has 1 N–H and O–H groups in total. The van der Waals surface area contributed by atoms with Crippen LogP contribution in [0, 0.1) is 40.4 Å². The summed E-state index contributed by atoms with van der Waals surface area (Å²) in [6.07, 6.45) is 15.9. The summed E-state index contributed by atoms with van der Waals surface area (Å²) >= 11 is 0. The fourth-order valence-electron chi connectivity index (χ4n) is 9.09. The van der Waals surface area contributed by atoms with Gasteiger partial charge in [-0.2, -0.15) is 0 Å². The molecular formula is C28H45NO3. The molecule has 0 aromatic carbocycles. The highest BCUT2D eigenvalue weighted by atomic mass is 16.7. The zero-order valence-corrected chi connectivity index (χ0v) is 20.7. The SMILES string of the molecule is CC(CCC(=O)N1CCCCO1)[C@H]1CC[C@H]2[C@@H]3CC=C4C[C@@H](O)CC[C@]4(C)[C@H]3CC[C@]12C. The van der Waals surface area contributed by atoms with E-state index in [1.807, 2.05) is 0 Å². The number of nitrogens with zero attached hydrogens (tertiary/aromatic N) is 1. The molecule has 1 saturated heterocycles. The van der Waals surface area contributed by atoms with Crippen LogP contribution in [0.2, 0.25) is 0 Å². The summed E-state index contributed by atoms with van der Waals surface area (Å²) in [5, 5.41) is 11.9. The number of carbonyl (C=O) groups is 1. The van der Waals surface area contributed by atoms with Crippen molar-refractivity contribution >= 4 is 5.91 Å². The molecule has 3 saturated carbocycles. The Balaban J connectivity index is 1.25. The van der Waals surface area contributed by atoms with Gasteiger partial charge < -0.3 is 5.11 Å². The molecule has 8 atom stereocenters. The van der Waals surface area contributed by atoms with E-state index in [2.05, 4.69) is 26.8 Å². The maximum absolute atomic E-state index is 12.6. The van der Waals surface area contributed by atoms with E-state index in [0.29, 0.717) is 29.8 Å². The number of aliphatic hydroxyl groups excluding tert-OH is 1. The highest BCUT2D eigenvalue weighted by Crippen LogP contribution is 2.67. The molecule has 4 heteroatoms. The fourth-order valence-corrected chi connectivity index (χ4v) is 9.09. The molecule has 5 aliphatic rings. The van der Waals surface area contributed by atoms with E-state index in [4.69, 9.17) is 4.84 Å². The maximum Gasteiger partial charge on any atom is 0.246 e. The molecule has 1 amide bonds. The van der Waals surface area contributed by atoms with Crippen LogP contribution in [0.5, 0.6) is 0 Å². The zero-order chi connectivity index (χ0) is 22.5. The third-order valence-electron chi connectivity index (χ3n) is 10.9. The topological polar surface area (TPSA) is 49.8 Å². The van der Waals surface area contributed by atoms with Gasteiger partial charge in [-0.25, -0.2) is 5.06 Å². The lowest BCUT2D eigenvalue weighted by Gasteiger charge is -2.58. The van der Waals surface area contributed by atoms with Gasteiger partial charge in [0.15, 0.2) is 0 Å². The first-order valence-corrected chi connectivity index (χ1v) is 13.6. The van der Waals surface area contributed by atoms with Crippen molar-refractivity contribution in [3.05, 3.63) is 11.6 Å². The minimum Gasteiger partial charge on any atom is -0.393 e. The highest BCUT2D eigenvalue weighted by molar-refractivity contribution is 5.75. The molecule has 1 heterocycles. The highest BCUT2D eigenvalue weighted by Gasteiger charge is 2.59. The number of rotatable bonds is 4. The molecule has 1 aliphatic heterocycles. The van der Waals surface area contributed by atoms with Crippen LogP contribution in [0.15, 0.2) is 11.6 Å². The van der Waals surface area contributed by atoms with Gasteiger partial charge in [0.1, 0.15) is 0 Å². The molecule has 5 rings (SSSR count). The minimum absolute atomic E-state index is 0.116. The summed E-state index contributed by atoms with van der Waals surface area (Å²) in [6, 6.07) is 0. The quantitative estimate of drug-likeness (QED) is 0.551. The number of aliphatic hydroxyl groups is 1. The van der Waals surface area contributed by atoms with Crippen LogP contribution in [0.1, 0.15) is 97.8 Å². The van der Waals surface area contributed by atoms with Crippen molar-refractivity contribution in [3.63, 3.8) is 0 Å². The largest absolute Gasteiger partial charge is 0.393 e. The van der Waals surface area contributed by atoms with Gasteiger partial charge in [-0.15, -0.1) is 0 Å². The summed E-state index contributed by atoms with van der Waals surface area (Å²) in [6.45, 7) is 9.00. The van der Waals surface area contributed by atoms with E-state index in [1.54, 1.807) is 10.6 Å². The van der Waals surface area contributed by atoms with E-state index in [0.717, 1.165) is 62.3 Å². The van der Waals surface area contributed by atoms with Crippen LogP contribution < -0.4 is 0 Å². The molecule has 0 radical (unpaired) electrons. The number of carbonyl (C=O) groups excluding carboxylic acids is 1. The first kappa shape index (κ1) is 22.9. The van der Waals surface area contributed by atoms with Crippen LogP contribution in [0.4, 0.5) is 0 Å². The van der Waals surface area contributed by atoms with E-state index in [-0.39, 0.29) is 12.0 Å². The molecule has 0 spiro atoms. The van der Waals surface area contributed by atoms with Crippen LogP contribution in [-0.4, -0.2) is 35.3 Å². The number of allylic oxidation sites excluding steroid dienone is 1. The predicted octanol–water partition coefficient (Wildman–Crippen LogP) is 5.90. The second-order valence-corrected chi connectivity index (χ2v) is 12.4. The lowest BCUT2D eigenvalue weighted by molar-refractivity contribution is -0.197. The van der Waals surface area contributed by atoms with Crippen LogP contribution in [-0.2, 0) is 9.63 Å². The van der Waals surface area contributed by atoms with E-state index >= 15 is 0 Å². The Hall–Kier alpha value is -0.870. The van der Waals surface area contributed by atoms with E-state index in [9.17, 15) is 9.90 Å². The smallest absolute Gasteiger partial charge is 0.246 e. The molecule has 4 fully saturated rings. The van der Waals surface area contributed by atoms with E-state index in [1.165, 1.54) is 38.5 Å². The lowest BCUT2D eigenvalue weighted by atomic mass is 9.47. The second kappa shape index (κ2) is 8.73. The number of fused-ring (bicyclic) bond motifs is 5. The molecule has 4 nitrogen and oxygen atoms in total. The van der Waals surface area contributed by atoms with Crippen molar-refractivity contribution in [2.24, 2.45) is 40.4 Å². The Labute approximate surface area is 195 Å². The number of hydroxylamine groups is 2. The summed E-state index contributed by atoms with van der Waals surface area (Å²) in [5.41, 5.74) is 2.33. The average molecular weight is 444 g/mol. The van der Waals surface area contributed by atoms with E-state index < -0.39 is 0 Å². The Morgan fingerprint density at radius 1 is 1.19 bits per heavy atom. The summed E-state index contributed by atoms with van der Waals surface area (Å²) in [7, 11) is 0. The number of amides is 1. The van der Waals surface area contributed by atoms with Crippen molar-refractivity contribution in [3.8, 4) is 0 Å². The van der Waals surface area contributed by atoms with Gasteiger partial charge in [-0.1, -0.05) is 32.4 Å². The first-order valence-electron chi connectivity index (χ1n) is 13.6. The molecule has 32 heavy (non-hydrogen) atoms. The second-order valence-electron chi connectivity index (χ2n) is 12.4. The van der Waals surface area contributed by atoms with Gasteiger partial charge in [-0.05, 0) is 111 Å².